The van der Waals surface area contributed by atoms with Crippen LogP contribution in [0.5, 0.6) is 0 Å². The molecule has 4 N–H and O–H groups in total. The molecule has 0 spiro atoms. The SMILES string of the molecule is OCCCCCNCc1ccc(-c2cc3nccc(Nc4ccc5[nH]ccc5c4)c3s2)cc1. The predicted octanol–water partition coefficient (Wildman–Crippen LogP) is 6.44. The van der Waals surface area contributed by atoms with Gasteiger partial charge in [0.25, 0.3) is 0 Å². The van der Waals surface area contributed by atoms with Crippen LogP contribution in [0.3, 0.4) is 0 Å². The molecule has 33 heavy (non-hydrogen) atoms. The molecule has 5 nitrogen and oxygen atoms in total. The lowest BCUT2D eigenvalue weighted by Gasteiger charge is -2.07. The average Bonchev–Trinajstić information content (AvgIpc) is 3.49. The lowest BCUT2D eigenvalue weighted by Crippen LogP contribution is -2.14. The lowest BCUT2D eigenvalue weighted by molar-refractivity contribution is 0.283. The van der Waals surface area contributed by atoms with E-state index < -0.39 is 0 Å². The molecular weight excluding hydrogens is 428 g/mol. The molecule has 5 aromatic rings. The second-order valence-electron chi connectivity index (χ2n) is 8.25. The minimum Gasteiger partial charge on any atom is -0.396 e. The maximum absolute atomic E-state index is 8.85. The highest BCUT2D eigenvalue weighted by Gasteiger charge is 2.10. The number of thiophene rings is 1. The number of fused-ring (bicyclic) bond motifs is 2. The Balaban J connectivity index is 1.29. The van der Waals surface area contributed by atoms with Crippen molar-refractivity contribution in [2.24, 2.45) is 0 Å². The molecule has 0 unspecified atom stereocenters. The number of anilines is 2. The van der Waals surface area contributed by atoms with Gasteiger partial charge in [0.1, 0.15) is 0 Å². The third kappa shape index (κ3) is 5.09. The number of aromatic nitrogens is 2. The van der Waals surface area contributed by atoms with Gasteiger partial charge >= 0.3 is 0 Å². The molecule has 0 aliphatic heterocycles. The normalized spacial score (nSPS) is 11.4. The molecule has 0 aliphatic rings. The van der Waals surface area contributed by atoms with E-state index in [9.17, 15) is 0 Å². The number of rotatable bonds is 10. The summed E-state index contributed by atoms with van der Waals surface area (Å²) in [4.78, 5) is 9.06. The fourth-order valence-corrected chi connectivity index (χ4v) is 5.11. The Hall–Kier alpha value is -3.19. The van der Waals surface area contributed by atoms with Crippen molar-refractivity contribution >= 4 is 43.8 Å². The topological polar surface area (TPSA) is 73.0 Å². The van der Waals surface area contributed by atoms with Crippen molar-refractivity contribution in [1.82, 2.24) is 15.3 Å². The molecule has 168 valence electrons. The first-order valence-corrected chi connectivity index (χ1v) is 12.3. The number of aromatic amines is 1. The first-order chi connectivity index (χ1) is 16.3. The zero-order valence-corrected chi connectivity index (χ0v) is 19.3. The molecule has 0 amide bonds. The fourth-order valence-electron chi connectivity index (χ4n) is 4.02. The molecular formula is C27H28N4OS. The Bertz CT molecular complexity index is 1340. The number of benzene rings is 2. The summed E-state index contributed by atoms with van der Waals surface area (Å²) in [6.07, 6.45) is 6.89. The minimum absolute atomic E-state index is 0.287. The minimum atomic E-state index is 0.287. The van der Waals surface area contributed by atoms with E-state index in [4.69, 9.17) is 5.11 Å². The Kier molecular flexibility index (Phi) is 6.67. The van der Waals surface area contributed by atoms with Gasteiger partial charge < -0.3 is 20.7 Å². The standard InChI is InChI=1S/C27H28N4OS/c32-15-3-1-2-12-28-18-19-4-6-20(7-5-19)26-17-25-27(33-26)24(11-14-30-25)31-22-8-9-23-21(16-22)10-13-29-23/h4-11,13-14,16-17,28-29,32H,1-3,12,15,18H2,(H,30,31). The van der Waals surface area contributed by atoms with Gasteiger partial charge in [-0.2, -0.15) is 0 Å². The van der Waals surface area contributed by atoms with Crippen LogP contribution >= 0.6 is 11.3 Å². The van der Waals surface area contributed by atoms with Crippen molar-refractivity contribution in [3.63, 3.8) is 0 Å². The van der Waals surface area contributed by atoms with E-state index in [0.29, 0.717) is 0 Å². The molecule has 2 aromatic carbocycles. The van der Waals surface area contributed by atoms with Crippen LogP contribution in [0.1, 0.15) is 24.8 Å². The molecule has 6 heteroatoms. The Morgan fingerprint density at radius 1 is 0.939 bits per heavy atom. The first-order valence-electron chi connectivity index (χ1n) is 11.4. The van der Waals surface area contributed by atoms with Gasteiger partial charge in [0, 0.05) is 47.0 Å². The molecule has 0 aliphatic carbocycles. The summed E-state index contributed by atoms with van der Waals surface area (Å²) in [5, 5.41) is 17.1. The van der Waals surface area contributed by atoms with Crippen LogP contribution < -0.4 is 10.6 Å². The maximum atomic E-state index is 8.85. The number of nitrogens with one attached hydrogen (secondary N) is 3. The third-order valence-electron chi connectivity index (χ3n) is 5.82. The van der Waals surface area contributed by atoms with Crippen LogP contribution in [0, 0.1) is 0 Å². The number of hydrogen-bond donors (Lipinski definition) is 4. The van der Waals surface area contributed by atoms with Crippen molar-refractivity contribution < 1.29 is 5.11 Å². The summed E-state index contributed by atoms with van der Waals surface area (Å²) in [6, 6.07) is 21.4. The van der Waals surface area contributed by atoms with Crippen LogP contribution in [-0.4, -0.2) is 28.2 Å². The summed E-state index contributed by atoms with van der Waals surface area (Å²) < 4.78 is 1.16. The molecule has 0 atom stereocenters. The number of aliphatic hydroxyl groups is 1. The molecule has 0 saturated heterocycles. The van der Waals surface area contributed by atoms with Crippen molar-refractivity contribution in [2.45, 2.75) is 25.8 Å². The zero-order valence-electron chi connectivity index (χ0n) is 18.5. The summed E-state index contributed by atoms with van der Waals surface area (Å²) in [6.45, 7) is 2.14. The highest BCUT2D eigenvalue weighted by atomic mass is 32.1. The molecule has 3 aromatic heterocycles. The highest BCUT2D eigenvalue weighted by molar-refractivity contribution is 7.22. The quantitative estimate of drug-likeness (QED) is 0.182. The van der Waals surface area contributed by atoms with Gasteiger partial charge in [0.2, 0.25) is 0 Å². The van der Waals surface area contributed by atoms with E-state index in [1.807, 2.05) is 18.5 Å². The van der Waals surface area contributed by atoms with E-state index in [2.05, 4.69) is 75.2 Å². The van der Waals surface area contributed by atoms with Crippen LogP contribution in [0.2, 0.25) is 0 Å². The molecule has 0 saturated carbocycles. The fraction of sp³-hybridized carbons (Fsp3) is 0.222. The highest BCUT2D eigenvalue weighted by Crippen LogP contribution is 2.37. The van der Waals surface area contributed by atoms with Crippen molar-refractivity contribution in [2.75, 3.05) is 18.5 Å². The van der Waals surface area contributed by atoms with Gasteiger partial charge in [-0.1, -0.05) is 24.3 Å². The van der Waals surface area contributed by atoms with Crippen molar-refractivity contribution in [3.05, 3.63) is 78.6 Å². The van der Waals surface area contributed by atoms with Gasteiger partial charge in [0.15, 0.2) is 0 Å². The van der Waals surface area contributed by atoms with Gasteiger partial charge in [0.05, 0.1) is 15.9 Å². The van der Waals surface area contributed by atoms with Gasteiger partial charge in [-0.25, -0.2) is 0 Å². The molecule has 5 rings (SSSR count). The van der Waals surface area contributed by atoms with Crippen LogP contribution in [0.15, 0.2) is 73.1 Å². The summed E-state index contributed by atoms with van der Waals surface area (Å²) in [7, 11) is 0. The number of H-pyrrole nitrogens is 1. The van der Waals surface area contributed by atoms with Gasteiger partial charge in [-0.15, -0.1) is 11.3 Å². The van der Waals surface area contributed by atoms with E-state index in [-0.39, 0.29) is 6.61 Å². The lowest BCUT2D eigenvalue weighted by atomic mass is 10.1. The summed E-state index contributed by atoms with van der Waals surface area (Å²) in [5.74, 6) is 0. The van der Waals surface area contributed by atoms with Crippen LogP contribution in [-0.2, 0) is 6.54 Å². The van der Waals surface area contributed by atoms with Gasteiger partial charge in [-0.3, -0.25) is 4.98 Å². The summed E-state index contributed by atoms with van der Waals surface area (Å²) in [5.41, 5.74) is 6.79. The Labute approximate surface area is 197 Å². The van der Waals surface area contributed by atoms with Crippen LogP contribution in [0.25, 0.3) is 31.6 Å². The third-order valence-corrected chi connectivity index (χ3v) is 7.03. The monoisotopic (exact) mass is 456 g/mol. The predicted molar refractivity (Wildman–Crippen MR) is 139 cm³/mol. The molecule has 0 radical (unpaired) electrons. The van der Waals surface area contributed by atoms with Gasteiger partial charge in [-0.05, 0) is 73.3 Å². The molecule has 0 fully saturated rings. The number of pyridine rings is 1. The second-order valence-corrected chi connectivity index (χ2v) is 9.30. The number of nitrogens with zero attached hydrogens (tertiary/aromatic N) is 1. The Morgan fingerprint density at radius 3 is 2.73 bits per heavy atom. The van der Waals surface area contributed by atoms with E-state index in [1.165, 1.54) is 21.4 Å². The second kappa shape index (κ2) is 10.2. The smallest absolute Gasteiger partial charge is 0.0837 e. The average molecular weight is 457 g/mol. The number of hydrogen-bond acceptors (Lipinski definition) is 5. The zero-order chi connectivity index (χ0) is 22.5. The maximum Gasteiger partial charge on any atom is 0.0837 e. The number of aliphatic hydroxyl groups excluding tert-OH is 1. The van der Waals surface area contributed by atoms with Crippen molar-refractivity contribution in [1.29, 1.82) is 0 Å². The molecule has 0 bridgehead atoms. The number of unbranched alkanes of at least 4 members (excludes halogenated alkanes) is 2. The van der Waals surface area contributed by atoms with Crippen LogP contribution in [0.4, 0.5) is 11.4 Å². The Morgan fingerprint density at radius 2 is 1.85 bits per heavy atom. The summed E-state index contributed by atoms with van der Waals surface area (Å²) >= 11 is 1.77. The van der Waals surface area contributed by atoms with E-state index in [0.717, 1.165) is 59.5 Å². The van der Waals surface area contributed by atoms with E-state index >= 15 is 0 Å². The van der Waals surface area contributed by atoms with Crippen molar-refractivity contribution in [3.8, 4) is 10.4 Å². The largest absolute Gasteiger partial charge is 0.396 e. The van der Waals surface area contributed by atoms with E-state index in [1.54, 1.807) is 11.3 Å². The first kappa shape index (κ1) is 21.6. The molecule has 3 heterocycles.